The molecule has 0 aromatic heterocycles. The molecule has 1 saturated heterocycles. The fourth-order valence-corrected chi connectivity index (χ4v) is 2.90. The average molecular weight is 285 g/mol. The molecular formula is C13H23N3O4. The molecule has 7 nitrogen and oxygen atoms in total. The summed E-state index contributed by atoms with van der Waals surface area (Å²) in [7, 11) is 0. The van der Waals surface area contributed by atoms with Crippen molar-refractivity contribution in [2.45, 2.75) is 37.8 Å². The summed E-state index contributed by atoms with van der Waals surface area (Å²) >= 11 is 0. The fourth-order valence-electron chi connectivity index (χ4n) is 2.90. The highest BCUT2D eigenvalue weighted by Crippen LogP contribution is 2.22. The van der Waals surface area contributed by atoms with E-state index in [4.69, 9.17) is 10.5 Å². The first kappa shape index (κ1) is 15.1. The lowest BCUT2D eigenvalue weighted by atomic mass is 10.1. The standard InChI is InChI=1S/C13H23N3O4/c14-5-6-15-7-8-16(13(18)19)11(9-15)12(17)20-10-3-1-2-4-10/h10-11H,1-9,14H2,(H,18,19). The monoisotopic (exact) mass is 285 g/mol. The first-order valence-corrected chi connectivity index (χ1v) is 7.24. The van der Waals surface area contributed by atoms with Gasteiger partial charge in [-0.2, -0.15) is 0 Å². The van der Waals surface area contributed by atoms with E-state index < -0.39 is 18.1 Å². The zero-order valence-corrected chi connectivity index (χ0v) is 11.7. The number of hydrogen-bond acceptors (Lipinski definition) is 5. The van der Waals surface area contributed by atoms with Crippen LogP contribution in [0.5, 0.6) is 0 Å². The van der Waals surface area contributed by atoms with E-state index in [1.807, 2.05) is 4.90 Å². The quantitative estimate of drug-likeness (QED) is 0.711. The molecule has 0 bridgehead atoms. The topological polar surface area (TPSA) is 96.1 Å². The predicted octanol–water partition coefficient (Wildman–Crippen LogP) is 0.0951. The zero-order valence-electron chi connectivity index (χ0n) is 11.7. The Hall–Kier alpha value is -1.34. The van der Waals surface area contributed by atoms with Crippen LogP contribution in [-0.4, -0.2) is 71.8 Å². The number of amides is 1. The Kier molecular flexibility index (Phi) is 5.19. The molecule has 1 amide bonds. The van der Waals surface area contributed by atoms with Crippen molar-refractivity contribution >= 4 is 12.1 Å². The first-order chi connectivity index (χ1) is 9.61. The van der Waals surface area contributed by atoms with E-state index in [2.05, 4.69) is 0 Å². The molecule has 20 heavy (non-hydrogen) atoms. The Bertz CT molecular complexity index is 358. The number of rotatable bonds is 4. The van der Waals surface area contributed by atoms with Crippen LogP contribution in [0.4, 0.5) is 4.79 Å². The van der Waals surface area contributed by atoms with Crippen LogP contribution in [0.3, 0.4) is 0 Å². The van der Waals surface area contributed by atoms with Gasteiger partial charge in [-0.05, 0) is 25.7 Å². The van der Waals surface area contributed by atoms with Crippen LogP contribution in [0.15, 0.2) is 0 Å². The highest BCUT2D eigenvalue weighted by molar-refractivity contribution is 5.81. The molecular weight excluding hydrogens is 262 g/mol. The van der Waals surface area contributed by atoms with Gasteiger partial charge in [0.05, 0.1) is 0 Å². The normalized spacial score (nSPS) is 24.9. The van der Waals surface area contributed by atoms with Gasteiger partial charge in [-0.25, -0.2) is 9.59 Å². The van der Waals surface area contributed by atoms with Crippen LogP contribution in [-0.2, 0) is 9.53 Å². The third kappa shape index (κ3) is 3.61. The van der Waals surface area contributed by atoms with Crippen LogP contribution in [0.2, 0.25) is 0 Å². The number of esters is 1. The predicted molar refractivity (Wildman–Crippen MR) is 72.4 cm³/mol. The molecule has 1 aliphatic heterocycles. The Balaban J connectivity index is 1.97. The van der Waals surface area contributed by atoms with Gasteiger partial charge in [0, 0.05) is 32.7 Å². The molecule has 0 radical (unpaired) electrons. The number of carboxylic acid groups (broad SMARTS) is 1. The SMILES string of the molecule is NCCN1CCN(C(=O)O)C(C(=O)OC2CCCC2)C1. The second-order valence-corrected chi connectivity index (χ2v) is 5.42. The van der Waals surface area contributed by atoms with Crippen LogP contribution in [0, 0.1) is 0 Å². The highest BCUT2D eigenvalue weighted by atomic mass is 16.5. The lowest BCUT2D eigenvalue weighted by molar-refractivity contribution is -0.156. The summed E-state index contributed by atoms with van der Waals surface area (Å²) in [5, 5.41) is 9.21. The van der Waals surface area contributed by atoms with E-state index in [1.165, 1.54) is 4.90 Å². The first-order valence-electron chi connectivity index (χ1n) is 7.24. The molecule has 1 aliphatic carbocycles. The molecule has 1 saturated carbocycles. The molecule has 0 aromatic carbocycles. The van der Waals surface area contributed by atoms with Gasteiger partial charge >= 0.3 is 12.1 Å². The minimum atomic E-state index is -1.06. The van der Waals surface area contributed by atoms with Crippen molar-refractivity contribution in [2.75, 3.05) is 32.7 Å². The molecule has 114 valence electrons. The molecule has 2 rings (SSSR count). The molecule has 1 unspecified atom stereocenters. The third-order valence-corrected chi connectivity index (χ3v) is 4.01. The summed E-state index contributed by atoms with van der Waals surface area (Å²) in [6, 6.07) is -0.728. The maximum Gasteiger partial charge on any atom is 0.408 e. The van der Waals surface area contributed by atoms with Gasteiger partial charge < -0.3 is 15.6 Å². The molecule has 7 heteroatoms. The van der Waals surface area contributed by atoms with Crippen molar-refractivity contribution in [1.29, 1.82) is 0 Å². The molecule has 0 aromatic rings. The van der Waals surface area contributed by atoms with E-state index in [-0.39, 0.29) is 6.10 Å². The van der Waals surface area contributed by atoms with Crippen molar-refractivity contribution in [3.8, 4) is 0 Å². The van der Waals surface area contributed by atoms with Gasteiger partial charge in [0.1, 0.15) is 12.1 Å². The van der Waals surface area contributed by atoms with Gasteiger partial charge in [-0.3, -0.25) is 9.80 Å². The molecule has 2 fully saturated rings. The van der Waals surface area contributed by atoms with Crippen molar-refractivity contribution in [3.05, 3.63) is 0 Å². The van der Waals surface area contributed by atoms with E-state index >= 15 is 0 Å². The van der Waals surface area contributed by atoms with Crippen LogP contribution < -0.4 is 5.73 Å². The largest absolute Gasteiger partial charge is 0.465 e. The van der Waals surface area contributed by atoms with Gasteiger partial charge in [0.25, 0.3) is 0 Å². The maximum absolute atomic E-state index is 12.2. The van der Waals surface area contributed by atoms with Crippen molar-refractivity contribution < 1.29 is 19.4 Å². The van der Waals surface area contributed by atoms with E-state index in [0.29, 0.717) is 32.7 Å². The zero-order chi connectivity index (χ0) is 14.5. The summed E-state index contributed by atoms with van der Waals surface area (Å²) in [4.78, 5) is 26.7. The minimum Gasteiger partial charge on any atom is -0.465 e. The van der Waals surface area contributed by atoms with Gasteiger partial charge in [-0.15, -0.1) is 0 Å². The molecule has 1 atom stereocenters. The number of ether oxygens (including phenoxy) is 1. The molecule has 0 spiro atoms. The third-order valence-electron chi connectivity index (χ3n) is 4.01. The average Bonchev–Trinajstić information content (AvgIpc) is 2.91. The number of carbonyl (C=O) groups is 2. The molecule has 3 N–H and O–H groups in total. The number of carbonyl (C=O) groups excluding carboxylic acids is 1. The second-order valence-electron chi connectivity index (χ2n) is 5.42. The van der Waals surface area contributed by atoms with Crippen molar-refractivity contribution in [1.82, 2.24) is 9.80 Å². The van der Waals surface area contributed by atoms with Crippen molar-refractivity contribution in [3.63, 3.8) is 0 Å². The van der Waals surface area contributed by atoms with E-state index in [0.717, 1.165) is 25.7 Å². The summed E-state index contributed by atoms with van der Waals surface area (Å²) in [6.45, 7) is 2.46. The summed E-state index contributed by atoms with van der Waals surface area (Å²) in [6.07, 6.45) is 2.82. The fraction of sp³-hybridized carbons (Fsp3) is 0.846. The summed E-state index contributed by atoms with van der Waals surface area (Å²) in [5.74, 6) is -0.416. The number of piperazine rings is 1. The summed E-state index contributed by atoms with van der Waals surface area (Å²) < 4.78 is 5.46. The van der Waals surface area contributed by atoms with Gasteiger partial charge in [0.2, 0.25) is 0 Å². The molecule has 1 heterocycles. The Morgan fingerprint density at radius 1 is 1.25 bits per heavy atom. The molecule has 2 aliphatic rings. The number of nitrogens with two attached hydrogens (primary N) is 1. The number of hydrogen-bond donors (Lipinski definition) is 2. The van der Waals surface area contributed by atoms with Crippen LogP contribution >= 0.6 is 0 Å². The maximum atomic E-state index is 12.2. The van der Waals surface area contributed by atoms with Crippen molar-refractivity contribution in [2.24, 2.45) is 5.73 Å². The second kappa shape index (κ2) is 6.90. The van der Waals surface area contributed by atoms with Crippen LogP contribution in [0.25, 0.3) is 0 Å². The van der Waals surface area contributed by atoms with Gasteiger partial charge in [-0.1, -0.05) is 0 Å². The summed E-state index contributed by atoms with van der Waals surface area (Å²) in [5.41, 5.74) is 5.52. The smallest absolute Gasteiger partial charge is 0.408 e. The Labute approximate surface area is 118 Å². The van der Waals surface area contributed by atoms with E-state index in [1.54, 1.807) is 0 Å². The highest BCUT2D eigenvalue weighted by Gasteiger charge is 2.37. The number of nitrogens with zero attached hydrogens (tertiary/aromatic N) is 2. The lowest BCUT2D eigenvalue weighted by Gasteiger charge is -2.38. The van der Waals surface area contributed by atoms with E-state index in [9.17, 15) is 14.7 Å². The van der Waals surface area contributed by atoms with Gasteiger partial charge in [0.15, 0.2) is 0 Å². The lowest BCUT2D eigenvalue weighted by Crippen LogP contribution is -2.59. The Morgan fingerprint density at radius 2 is 1.95 bits per heavy atom. The Morgan fingerprint density at radius 3 is 2.55 bits per heavy atom. The minimum absolute atomic E-state index is 0.0389. The van der Waals surface area contributed by atoms with Crippen LogP contribution in [0.1, 0.15) is 25.7 Å².